The molecular formula is C10H14N2O4. The highest BCUT2D eigenvalue weighted by atomic mass is 16.7. The maximum absolute atomic E-state index is 10.9. The lowest BCUT2D eigenvalue weighted by Crippen LogP contribution is -1.99. The van der Waals surface area contributed by atoms with Gasteiger partial charge >= 0.3 is 11.9 Å². The normalized spacial score (nSPS) is 11.4. The number of hydrogen-bond acceptors (Lipinski definition) is 6. The van der Waals surface area contributed by atoms with E-state index in [1.165, 1.54) is 12.4 Å². The molecule has 0 heterocycles. The van der Waals surface area contributed by atoms with E-state index in [0.717, 1.165) is 12.2 Å². The summed E-state index contributed by atoms with van der Waals surface area (Å²) in [4.78, 5) is 30.5. The Morgan fingerprint density at radius 2 is 1.31 bits per heavy atom. The second-order valence-electron chi connectivity index (χ2n) is 2.55. The Morgan fingerprint density at radius 3 is 1.62 bits per heavy atom. The molecule has 0 unspecified atom stereocenters. The monoisotopic (exact) mass is 226 g/mol. The predicted octanol–water partition coefficient (Wildman–Crippen LogP) is 1.42. The van der Waals surface area contributed by atoms with E-state index in [0.29, 0.717) is 12.8 Å². The highest BCUT2D eigenvalue weighted by molar-refractivity contribution is 5.91. The lowest BCUT2D eigenvalue weighted by molar-refractivity contribution is -0.140. The predicted molar refractivity (Wildman–Crippen MR) is 58.9 cm³/mol. The van der Waals surface area contributed by atoms with E-state index in [1.807, 2.05) is 13.8 Å². The smallest absolute Gasteiger partial charge is 0.314 e. The zero-order valence-electron chi connectivity index (χ0n) is 9.25. The van der Waals surface area contributed by atoms with Gasteiger partial charge in [0.2, 0.25) is 0 Å². The molecule has 0 aromatic carbocycles. The SMILES string of the molecule is CCC=NOC(=O)/C=C\C(=O)ON=CCC. The van der Waals surface area contributed by atoms with Crippen molar-refractivity contribution in [2.45, 2.75) is 26.7 Å². The Labute approximate surface area is 93.6 Å². The van der Waals surface area contributed by atoms with E-state index in [1.54, 1.807) is 0 Å². The molecule has 0 aliphatic heterocycles. The summed E-state index contributed by atoms with van der Waals surface area (Å²) in [6.45, 7) is 3.69. The molecule has 0 amide bonds. The molecule has 0 saturated heterocycles. The zero-order valence-corrected chi connectivity index (χ0v) is 9.25. The summed E-state index contributed by atoms with van der Waals surface area (Å²) in [5.74, 6) is -1.50. The third-order valence-corrected chi connectivity index (χ3v) is 1.16. The number of hydrogen-bond donors (Lipinski definition) is 0. The van der Waals surface area contributed by atoms with Crippen LogP contribution in [-0.2, 0) is 19.3 Å². The Morgan fingerprint density at radius 1 is 0.938 bits per heavy atom. The highest BCUT2D eigenvalue weighted by Crippen LogP contribution is 1.87. The number of oxime groups is 2. The largest absolute Gasteiger partial charge is 0.358 e. The molecule has 0 spiro atoms. The lowest BCUT2D eigenvalue weighted by atomic mass is 10.5. The molecule has 0 atom stereocenters. The van der Waals surface area contributed by atoms with Crippen LogP contribution in [-0.4, -0.2) is 24.4 Å². The van der Waals surface area contributed by atoms with Crippen LogP contribution < -0.4 is 0 Å². The van der Waals surface area contributed by atoms with Gasteiger partial charge in [-0.05, 0) is 12.8 Å². The van der Waals surface area contributed by atoms with Crippen molar-refractivity contribution in [1.82, 2.24) is 0 Å². The fourth-order valence-electron chi connectivity index (χ4n) is 0.524. The van der Waals surface area contributed by atoms with Gasteiger partial charge in [-0.15, -0.1) is 0 Å². The van der Waals surface area contributed by atoms with Crippen molar-refractivity contribution in [1.29, 1.82) is 0 Å². The van der Waals surface area contributed by atoms with Crippen molar-refractivity contribution >= 4 is 24.4 Å². The summed E-state index contributed by atoms with van der Waals surface area (Å²) in [5.41, 5.74) is 0. The highest BCUT2D eigenvalue weighted by Gasteiger charge is 1.99. The second kappa shape index (κ2) is 9.57. The molecule has 0 aromatic rings. The van der Waals surface area contributed by atoms with Crippen LogP contribution in [0.4, 0.5) is 0 Å². The molecular weight excluding hydrogens is 212 g/mol. The fraction of sp³-hybridized carbons (Fsp3) is 0.400. The summed E-state index contributed by atoms with van der Waals surface area (Å²) < 4.78 is 0. The van der Waals surface area contributed by atoms with Crippen molar-refractivity contribution in [3.05, 3.63) is 12.2 Å². The molecule has 6 nitrogen and oxygen atoms in total. The van der Waals surface area contributed by atoms with Crippen LogP contribution in [0.2, 0.25) is 0 Å². The molecule has 0 rings (SSSR count). The van der Waals surface area contributed by atoms with Gasteiger partial charge in [-0.25, -0.2) is 9.59 Å². The second-order valence-corrected chi connectivity index (χ2v) is 2.55. The Bertz CT molecular complexity index is 278. The number of rotatable bonds is 6. The van der Waals surface area contributed by atoms with Crippen molar-refractivity contribution in [3.63, 3.8) is 0 Å². The molecule has 0 saturated carbocycles. The molecule has 0 aromatic heterocycles. The first-order valence-corrected chi connectivity index (χ1v) is 4.84. The van der Waals surface area contributed by atoms with E-state index in [9.17, 15) is 9.59 Å². The van der Waals surface area contributed by atoms with Crippen LogP contribution in [0.15, 0.2) is 22.5 Å². The van der Waals surface area contributed by atoms with Crippen LogP contribution in [0, 0.1) is 0 Å². The van der Waals surface area contributed by atoms with Crippen LogP contribution in [0.1, 0.15) is 26.7 Å². The molecule has 16 heavy (non-hydrogen) atoms. The summed E-state index contributed by atoms with van der Waals surface area (Å²) in [7, 11) is 0. The standard InChI is InChI=1S/C10H14N2O4/c1-3-7-11-15-9(13)5-6-10(14)16-12-8-4-2/h5-8H,3-4H2,1-2H3/b6-5-,11-7?,12-8?. The van der Waals surface area contributed by atoms with Gasteiger partial charge in [0.25, 0.3) is 0 Å². The van der Waals surface area contributed by atoms with E-state index in [-0.39, 0.29) is 0 Å². The van der Waals surface area contributed by atoms with Crippen molar-refractivity contribution in [3.8, 4) is 0 Å². The Hall–Kier alpha value is -1.98. The third-order valence-electron chi connectivity index (χ3n) is 1.16. The maximum atomic E-state index is 10.9. The molecule has 0 fully saturated rings. The van der Waals surface area contributed by atoms with Crippen LogP contribution in [0.25, 0.3) is 0 Å². The first kappa shape index (κ1) is 14.0. The zero-order chi connectivity index (χ0) is 12.2. The summed E-state index contributed by atoms with van der Waals surface area (Å²) in [5, 5.41) is 6.67. The fourth-order valence-corrected chi connectivity index (χ4v) is 0.524. The van der Waals surface area contributed by atoms with E-state index in [2.05, 4.69) is 20.0 Å². The quantitative estimate of drug-likeness (QED) is 0.297. The maximum Gasteiger partial charge on any atom is 0.358 e. The van der Waals surface area contributed by atoms with Gasteiger partial charge in [0.15, 0.2) is 0 Å². The van der Waals surface area contributed by atoms with Gasteiger partial charge in [0.05, 0.1) is 0 Å². The van der Waals surface area contributed by atoms with Gasteiger partial charge in [-0.1, -0.05) is 24.2 Å². The van der Waals surface area contributed by atoms with Gasteiger partial charge in [0.1, 0.15) is 0 Å². The first-order chi connectivity index (χ1) is 7.70. The van der Waals surface area contributed by atoms with Crippen LogP contribution in [0.5, 0.6) is 0 Å². The van der Waals surface area contributed by atoms with E-state index < -0.39 is 11.9 Å². The lowest BCUT2D eigenvalue weighted by Gasteiger charge is -1.90. The third kappa shape index (κ3) is 8.61. The first-order valence-electron chi connectivity index (χ1n) is 4.84. The number of carbonyl (C=O) groups is 2. The molecule has 0 aliphatic carbocycles. The van der Waals surface area contributed by atoms with Crippen molar-refractivity contribution in [2.24, 2.45) is 10.3 Å². The van der Waals surface area contributed by atoms with Crippen LogP contribution >= 0.6 is 0 Å². The van der Waals surface area contributed by atoms with Gasteiger partial charge < -0.3 is 9.68 Å². The van der Waals surface area contributed by atoms with Crippen LogP contribution in [0.3, 0.4) is 0 Å². The minimum absolute atomic E-state index is 0.658. The van der Waals surface area contributed by atoms with E-state index >= 15 is 0 Å². The van der Waals surface area contributed by atoms with Gasteiger partial charge in [-0.3, -0.25) is 0 Å². The molecule has 88 valence electrons. The van der Waals surface area contributed by atoms with E-state index in [4.69, 9.17) is 0 Å². The average molecular weight is 226 g/mol. The van der Waals surface area contributed by atoms with Crippen molar-refractivity contribution in [2.75, 3.05) is 0 Å². The molecule has 0 bridgehead atoms. The summed E-state index contributed by atoms with van der Waals surface area (Å²) in [6.07, 6.45) is 5.99. The van der Waals surface area contributed by atoms with Crippen molar-refractivity contribution < 1.29 is 19.3 Å². The Kier molecular flexibility index (Phi) is 8.39. The molecule has 0 aliphatic rings. The summed E-state index contributed by atoms with van der Waals surface area (Å²) >= 11 is 0. The number of carbonyl (C=O) groups excluding carboxylic acids is 2. The molecule has 0 N–H and O–H groups in total. The summed E-state index contributed by atoms with van der Waals surface area (Å²) in [6, 6.07) is 0. The van der Waals surface area contributed by atoms with Gasteiger partial charge in [0, 0.05) is 24.6 Å². The Balaban J connectivity index is 3.88. The molecule has 0 radical (unpaired) electrons. The molecule has 6 heteroatoms. The minimum Gasteiger partial charge on any atom is -0.314 e. The van der Waals surface area contributed by atoms with Gasteiger partial charge in [-0.2, -0.15) is 0 Å². The minimum atomic E-state index is -0.749. The topological polar surface area (TPSA) is 77.3 Å². The number of nitrogens with zero attached hydrogens (tertiary/aromatic N) is 2. The average Bonchev–Trinajstić information content (AvgIpc) is 2.27.